The lowest BCUT2D eigenvalue weighted by atomic mass is 9.87. The number of nitrogens with one attached hydrogen (secondary N) is 1. The fraction of sp³-hybridized carbons (Fsp3) is 0.381. The second-order valence-electron chi connectivity index (χ2n) is 6.95. The topological polar surface area (TPSA) is 79.3 Å². The van der Waals surface area contributed by atoms with Crippen LogP contribution in [0.25, 0.3) is 11.1 Å². The van der Waals surface area contributed by atoms with Gasteiger partial charge in [0.1, 0.15) is 0 Å². The van der Waals surface area contributed by atoms with Gasteiger partial charge >= 0.3 is 5.97 Å². The minimum absolute atomic E-state index is 0.0523. The van der Waals surface area contributed by atoms with Crippen LogP contribution in [0.3, 0.4) is 0 Å². The molecule has 1 aromatic carbocycles. The van der Waals surface area contributed by atoms with Gasteiger partial charge in [0.25, 0.3) is 5.91 Å². The van der Waals surface area contributed by atoms with E-state index in [4.69, 9.17) is 11.6 Å². The van der Waals surface area contributed by atoms with Gasteiger partial charge in [0.05, 0.1) is 10.6 Å². The van der Waals surface area contributed by atoms with Crippen LogP contribution in [0.5, 0.6) is 0 Å². The quantitative estimate of drug-likeness (QED) is 0.747. The van der Waals surface area contributed by atoms with Crippen molar-refractivity contribution >= 4 is 23.5 Å². The molecule has 3 rings (SSSR count). The van der Waals surface area contributed by atoms with Gasteiger partial charge in [-0.3, -0.25) is 4.79 Å². The van der Waals surface area contributed by atoms with E-state index in [9.17, 15) is 14.7 Å². The molecule has 27 heavy (non-hydrogen) atoms. The molecular formula is C21H23ClN2O3. The molecule has 2 aromatic rings. The zero-order valence-corrected chi connectivity index (χ0v) is 15.8. The molecule has 5 nitrogen and oxygen atoms in total. The zero-order valence-electron chi connectivity index (χ0n) is 15.1. The number of halogens is 1. The Balaban J connectivity index is 1.73. The van der Waals surface area contributed by atoms with E-state index >= 15 is 0 Å². The highest BCUT2D eigenvalue weighted by atomic mass is 35.5. The average Bonchev–Trinajstić information content (AvgIpc) is 2.69. The van der Waals surface area contributed by atoms with E-state index in [-0.39, 0.29) is 11.6 Å². The number of hydrogen-bond donors (Lipinski definition) is 2. The van der Waals surface area contributed by atoms with Gasteiger partial charge in [-0.2, -0.15) is 0 Å². The van der Waals surface area contributed by atoms with Gasteiger partial charge in [0, 0.05) is 18.3 Å². The molecule has 142 valence electrons. The summed E-state index contributed by atoms with van der Waals surface area (Å²) in [5, 5.41) is 12.6. The van der Waals surface area contributed by atoms with Crippen LogP contribution in [0.2, 0.25) is 5.02 Å². The lowest BCUT2D eigenvalue weighted by Gasteiger charge is -2.21. The van der Waals surface area contributed by atoms with E-state index in [1.165, 1.54) is 38.3 Å². The number of pyridine rings is 1. The summed E-state index contributed by atoms with van der Waals surface area (Å²) < 4.78 is 0. The first kappa shape index (κ1) is 19.4. The summed E-state index contributed by atoms with van der Waals surface area (Å²) in [6.07, 6.45) is 8.78. The smallest absolute Gasteiger partial charge is 0.355 e. The number of benzene rings is 1. The lowest BCUT2D eigenvalue weighted by Crippen LogP contribution is -2.26. The van der Waals surface area contributed by atoms with E-state index in [0.717, 1.165) is 6.42 Å². The van der Waals surface area contributed by atoms with Gasteiger partial charge in [0.15, 0.2) is 5.69 Å². The number of carboxylic acids is 1. The third-order valence-corrected chi connectivity index (χ3v) is 5.42. The fourth-order valence-electron chi connectivity index (χ4n) is 3.64. The summed E-state index contributed by atoms with van der Waals surface area (Å²) in [7, 11) is 0. The molecule has 1 aromatic heterocycles. The molecule has 1 aliphatic carbocycles. The molecule has 1 aliphatic rings. The molecule has 0 unspecified atom stereocenters. The van der Waals surface area contributed by atoms with Gasteiger partial charge in [0.2, 0.25) is 0 Å². The van der Waals surface area contributed by atoms with Crippen LogP contribution < -0.4 is 5.32 Å². The van der Waals surface area contributed by atoms with Gasteiger partial charge in [-0.15, -0.1) is 0 Å². The molecule has 0 aliphatic heterocycles. The van der Waals surface area contributed by atoms with Crippen molar-refractivity contribution in [3.63, 3.8) is 0 Å². The number of carbonyl (C=O) groups excluding carboxylic acids is 1. The van der Waals surface area contributed by atoms with Crippen molar-refractivity contribution in [3.05, 3.63) is 52.8 Å². The van der Waals surface area contributed by atoms with E-state index in [1.807, 2.05) is 0 Å². The van der Waals surface area contributed by atoms with Crippen LogP contribution in [0.1, 0.15) is 59.4 Å². The molecule has 1 heterocycles. The van der Waals surface area contributed by atoms with Crippen LogP contribution in [-0.4, -0.2) is 28.5 Å². The molecule has 1 saturated carbocycles. The highest BCUT2D eigenvalue weighted by Crippen LogP contribution is 2.28. The molecule has 0 spiro atoms. The molecule has 6 heteroatoms. The molecular weight excluding hydrogens is 364 g/mol. The van der Waals surface area contributed by atoms with Crippen molar-refractivity contribution in [3.8, 4) is 11.1 Å². The second kappa shape index (κ2) is 9.00. The van der Waals surface area contributed by atoms with E-state index < -0.39 is 5.97 Å². The molecule has 2 N–H and O–H groups in total. The maximum absolute atomic E-state index is 12.6. The van der Waals surface area contributed by atoms with Gasteiger partial charge in [-0.25, -0.2) is 9.78 Å². The van der Waals surface area contributed by atoms with Gasteiger partial charge in [-0.05, 0) is 36.1 Å². The summed E-state index contributed by atoms with van der Waals surface area (Å²) in [6, 6.07) is 8.28. The third kappa shape index (κ3) is 4.86. The van der Waals surface area contributed by atoms with E-state index in [1.54, 1.807) is 30.3 Å². The Hall–Kier alpha value is -2.40. The van der Waals surface area contributed by atoms with Crippen molar-refractivity contribution in [2.45, 2.75) is 38.5 Å². The van der Waals surface area contributed by atoms with Gasteiger partial charge < -0.3 is 10.4 Å². The van der Waals surface area contributed by atoms with Crippen molar-refractivity contribution in [1.29, 1.82) is 0 Å². The average molecular weight is 387 g/mol. The summed E-state index contributed by atoms with van der Waals surface area (Å²) in [4.78, 5) is 27.9. The van der Waals surface area contributed by atoms with Crippen molar-refractivity contribution in [2.75, 3.05) is 6.54 Å². The first-order valence-corrected chi connectivity index (χ1v) is 9.70. The van der Waals surface area contributed by atoms with Crippen LogP contribution >= 0.6 is 11.6 Å². The van der Waals surface area contributed by atoms with Crippen LogP contribution in [0.4, 0.5) is 0 Å². The minimum atomic E-state index is -1.11. The largest absolute Gasteiger partial charge is 0.476 e. The van der Waals surface area contributed by atoms with Crippen molar-refractivity contribution in [2.24, 2.45) is 5.92 Å². The molecule has 1 fully saturated rings. The number of carboxylic acid groups (broad SMARTS) is 1. The maximum Gasteiger partial charge on any atom is 0.355 e. The normalized spacial score (nSPS) is 14.7. The Morgan fingerprint density at radius 3 is 2.70 bits per heavy atom. The minimum Gasteiger partial charge on any atom is -0.476 e. The van der Waals surface area contributed by atoms with E-state index in [0.29, 0.717) is 34.2 Å². The number of aromatic carboxylic acids is 1. The second-order valence-corrected chi connectivity index (χ2v) is 7.36. The predicted molar refractivity (Wildman–Crippen MR) is 105 cm³/mol. The number of amides is 1. The summed E-state index contributed by atoms with van der Waals surface area (Å²) in [5.41, 5.74) is 1.35. The van der Waals surface area contributed by atoms with E-state index in [2.05, 4.69) is 10.3 Å². The fourth-order valence-corrected chi connectivity index (χ4v) is 3.84. The number of carbonyl (C=O) groups is 2. The van der Waals surface area contributed by atoms with Crippen LogP contribution in [0.15, 0.2) is 36.5 Å². The summed E-state index contributed by atoms with van der Waals surface area (Å²) in [6.45, 7) is 0.622. The molecule has 0 atom stereocenters. The first-order valence-electron chi connectivity index (χ1n) is 9.32. The SMILES string of the molecule is O=C(NCCC1CCCCC1)c1cc(-c2cccnc2C(=O)O)ccc1Cl. The lowest BCUT2D eigenvalue weighted by molar-refractivity contribution is 0.0691. The van der Waals surface area contributed by atoms with Crippen molar-refractivity contribution < 1.29 is 14.7 Å². The zero-order chi connectivity index (χ0) is 19.2. The highest BCUT2D eigenvalue weighted by molar-refractivity contribution is 6.34. The highest BCUT2D eigenvalue weighted by Gasteiger charge is 2.17. The molecule has 0 radical (unpaired) electrons. The number of rotatable bonds is 6. The Morgan fingerprint density at radius 2 is 1.96 bits per heavy atom. The molecule has 0 bridgehead atoms. The Morgan fingerprint density at radius 1 is 1.19 bits per heavy atom. The Kier molecular flexibility index (Phi) is 6.45. The van der Waals surface area contributed by atoms with Crippen LogP contribution in [0, 0.1) is 5.92 Å². The first-order chi connectivity index (χ1) is 13.1. The number of nitrogens with zero attached hydrogens (tertiary/aromatic N) is 1. The summed E-state index contributed by atoms with van der Waals surface area (Å²) in [5.74, 6) is -0.660. The van der Waals surface area contributed by atoms with Crippen LogP contribution in [-0.2, 0) is 0 Å². The third-order valence-electron chi connectivity index (χ3n) is 5.10. The standard InChI is InChI=1S/C21H23ClN2O3/c22-18-9-8-15(16-7-4-11-23-19(16)21(26)27)13-17(18)20(25)24-12-10-14-5-2-1-3-6-14/h4,7-9,11,13-14H,1-3,5-6,10,12H2,(H,24,25)(H,26,27). The Labute approximate surface area is 163 Å². The molecule has 0 saturated heterocycles. The number of hydrogen-bond acceptors (Lipinski definition) is 3. The van der Waals surface area contributed by atoms with Crippen molar-refractivity contribution in [1.82, 2.24) is 10.3 Å². The summed E-state index contributed by atoms with van der Waals surface area (Å²) >= 11 is 6.22. The monoisotopic (exact) mass is 386 g/mol. The Bertz CT molecular complexity index is 832. The molecule has 1 amide bonds. The maximum atomic E-state index is 12.6. The number of aromatic nitrogens is 1. The van der Waals surface area contributed by atoms with Gasteiger partial charge in [-0.1, -0.05) is 55.8 Å². The predicted octanol–water partition coefficient (Wildman–Crippen LogP) is 4.80.